The summed E-state index contributed by atoms with van der Waals surface area (Å²) in [5, 5.41) is 14.3. The zero-order valence-corrected chi connectivity index (χ0v) is 16.5. The molecule has 1 heterocycles. The number of rotatable bonds is 8. The van der Waals surface area contributed by atoms with E-state index in [2.05, 4.69) is 5.32 Å². The predicted octanol–water partition coefficient (Wildman–Crippen LogP) is 0.949. The molecule has 0 saturated carbocycles. The van der Waals surface area contributed by atoms with Crippen molar-refractivity contribution in [3.8, 4) is 5.75 Å². The Labute approximate surface area is 161 Å². The number of carboxylic acids is 1. The van der Waals surface area contributed by atoms with Crippen molar-refractivity contribution in [3.05, 3.63) is 39.2 Å². The highest BCUT2D eigenvalue weighted by Crippen LogP contribution is 2.29. The molecule has 27 heavy (non-hydrogen) atoms. The standard InChI is InChI=1S/C19H23NO6S/c1-10-12-5-6-15(25-3)11(2)17(12)26-19(24)13(10)9-16(21)20-14(18(22)23)7-8-27-4/h5-6,14H,7-9H2,1-4H3,(H,20,21)(H,22,23)/p-1/t14-/m0/s1. The fourth-order valence-corrected chi connectivity index (χ4v) is 3.36. The van der Waals surface area contributed by atoms with Crippen LogP contribution >= 0.6 is 11.8 Å². The molecule has 0 fully saturated rings. The minimum absolute atomic E-state index is 0.200. The van der Waals surface area contributed by atoms with Gasteiger partial charge in [-0.15, -0.1) is 0 Å². The van der Waals surface area contributed by atoms with Crippen molar-refractivity contribution in [3.63, 3.8) is 0 Å². The zero-order valence-electron chi connectivity index (χ0n) is 15.7. The van der Waals surface area contributed by atoms with E-state index in [0.29, 0.717) is 33.6 Å². The molecular formula is C19H22NO6S-. The number of ether oxygens (including phenoxy) is 1. The van der Waals surface area contributed by atoms with Crippen molar-refractivity contribution >= 4 is 34.6 Å². The maximum atomic E-state index is 12.4. The van der Waals surface area contributed by atoms with Crippen LogP contribution < -0.4 is 20.8 Å². The van der Waals surface area contributed by atoms with Gasteiger partial charge in [0.15, 0.2) is 0 Å². The summed E-state index contributed by atoms with van der Waals surface area (Å²) in [5.74, 6) is -0.745. The van der Waals surface area contributed by atoms with Crippen molar-refractivity contribution in [1.82, 2.24) is 5.32 Å². The van der Waals surface area contributed by atoms with Crippen LogP contribution in [0.4, 0.5) is 0 Å². The number of hydrogen-bond acceptors (Lipinski definition) is 7. The van der Waals surface area contributed by atoms with Gasteiger partial charge in [-0.1, -0.05) is 0 Å². The minimum Gasteiger partial charge on any atom is -0.548 e. The number of thioether (sulfide) groups is 1. The first-order chi connectivity index (χ1) is 12.8. The number of amides is 1. The van der Waals surface area contributed by atoms with E-state index in [4.69, 9.17) is 9.15 Å². The summed E-state index contributed by atoms with van der Waals surface area (Å²) in [4.78, 5) is 35.9. The molecular weight excluding hydrogens is 370 g/mol. The summed E-state index contributed by atoms with van der Waals surface area (Å²) < 4.78 is 10.7. The topological polar surface area (TPSA) is 109 Å². The van der Waals surface area contributed by atoms with E-state index < -0.39 is 23.5 Å². The predicted molar refractivity (Wildman–Crippen MR) is 102 cm³/mol. The summed E-state index contributed by atoms with van der Waals surface area (Å²) in [7, 11) is 1.53. The fraction of sp³-hybridized carbons (Fsp3) is 0.421. The van der Waals surface area contributed by atoms with Gasteiger partial charge < -0.3 is 24.4 Å². The Hall–Kier alpha value is -2.48. The SMILES string of the molecule is COc1ccc2c(C)c(CC(=O)N[C@@H](CCSC)C(=O)[O-])c(=O)oc2c1C. The van der Waals surface area contributed by atoms with Gasteiger partial charge in [-0.2, -0.15) is 11.8 Å². The van der Waals surface area contributed by atoms with Gasteiger partial charge in [0.25, 0.3) is 0 Å². The molecule has 146 valence electrons. The van der Waals surface area contributed by atoms with Gasteiger partial charge in [-0.05, 0) is 50.0 Å². The lowest BCUT2D eigenvalue weighted by molar-refractivity contribution is -0.308. The van der Waals surface area contributed by atoms with E-state index in [9.17, 15) is 19.5 Å². The van der Waals surface area contributed by atoms with E-state index in [-0.39, 0.29) is 18.4 Å². The lowest BCUT2D eigenvalue weighted by Crippen LogP contribution is -2.48. The fourth-order valence-electron chi connectivity index (χ4n) is 2.89. The van der Waals surface area contributed by atoms with E-state index in [1.165, 1.54) is 18.9 Å². The number of aryl methyl sites for hydroxylation is 2. The van der Waals surface area contributed by atoms with Crippen LogP contribution in [0.3, 0.4) is 0 Å². The molecule has 0 aliphatic heterocycles. The van der Waals surface area contributed by atoms with Gasteiger partial charge in [-0.25, -0.2) is 4.79 Å². The van der Waals surface area contributed by atoms with E-state index in [0.717, 1.165) is 0 Å². The molecule has 2 aromatic rings. The van der Waals surface area contributed by atoms with Crippen molar-refractivity contribution < 1.29 is 23.8 Å². The molecule has 0 aliphatic carbocycles. The van der Waals surface area contributed by atoms with Crippen LogP contribution in [0.25, 0.3) is 11.0 Å². The van der Waals surface area contributed by atoms with Crippen molar-refractivity contribution in [2.75, 3.05) is 19.1 Å². The highest BCUT2D eigenvalue weighted by atomic mass is 32.2. The number of benzene rings is 1. The highest BCUT2D eigenvalue weighted by Gasteiger charge is 2.19. The first kappa shape index (κ1) is 20.8. The summed E-state index contributed by atoms with van der Waals surface area (Å²) >= 11 is 1.47. The average molecular weight is 392 g/mol. The Bertz CT molecular complexity index is 921. The molecule has 0 radical (unpaired) electrons. The quantitative estimate of drug-likeness (QED) is 0.666. The Morgan fingerprint density at radius 3 is 2.59 bits per heavy atom. The smallest absolute Gasteiger partial charge is 0.340 e. The average Bonchev–Trinajstić information content (AvgIpc) is 2.62. The monoisotopic (exact) mass is 392 g/mol. The van der Waals surface area contributed by atoms with Crippen molar-refractivity contribution in [2.45, 2.75) is 32.7 Å². The molecule has 0 aliphatic rings. The van der Waals surface area contributed by atoms with Crippen molar-refractivity contribution in [2.24, 2.45) is 0 Å². The second-order valence-corrected chi connectivity index (χ2v) is 7.15. The molecule has 7 nitrogen and oxygen atoms in total. The van der Waals surface area contributed by atoms with Crippen LogP contribution in [-0.2, 0) is 16.0 Å². The first-order valence-corrected chi connectivity index (χ1v) is 9.78. The number of carboxylic acid groups (broad SMARTS) is 1. The molecule has 1 aromatic carbocycles. The molecule has 1 N–H and O–H groups in total. The van der Waals surface area contributed by atoms with Crippen LogP contribution in [0, 0.1) is 13.8 Å². The van der Waals surface area contributed by atoms with Gasteiger partial charge in [0.1, 0.15) is 11.3 Å². The number of hydrogen-bond donors (Lipinski definition) is 1. The van der Waals surface area contributed by atoms with Gasteiger partial charge >= 0.3 is 5.63 Å². The number of fused-ring (bicyclic) bond motifs is 1. The van der Waals surface area contributed by atoms with Crippen molar-refractivity contribution in [1.29, 1.82) is 0 Å². The molecule has 8 heteroatoms. The largest absolute Gasteiger partial charge is 0.548 e. The molecule has 0 bridgehead atoms. The Kier molecular flexibility index (Phi) is 6.90. The van der Waals surface area contributed by atoms with Gasteiger partial charge in [0, 0.05) is 10.9 Å². The number of carbonyl (C=O) groups excluding carboxylic acids is 2. The van der Waals surface area contributed by atoms with Crippen LogP contribution in [-0.4, -0.2) is 37.0 Å². The zero-order chi connectivity index (χ0) is 20.1. The highest BCUT2D eigenvalue weighted by molar-refractivity contribution is 7.98. The third kappa shape index (κ3) is 4.63. The maximum absolute atomic E-state index is 12.4. The van der Waals surface area contributed by atoms with Crippen LogP contribution in [0.2, 0.25) is 0 Å². The third-order valence-electron chi connectivity index (χ3n) is 4.44. The molecule has 0 spiro atoms. The van der Waals surface area contributed by atoms with Crippen LogP contribution in [0.15, 0.2) is 21.3 Å². The molecule has 1 amide bonds. The number of nitrogens with one attached hydrogen (secondary N) is 1. The lowest BCUT2D eigenvalue weighted by Gasteiger charge is -2.19. The van der Waals surface area contributed by atoms with Gasteiger partial charge in [-0.3, -0.25) is 4.79 Å². The molecule has 0 unspecified atom stereocenters. The lowest BCUT2D eigenvalue weighted by atomic mass is 10.0. The maximum Gasteiger partial charge on any atom is 0.340 e. The van der Waals surface area contributed by atoms with Gasteiger partial charge in [0.2, 0.25) is 5.91 Å². The summed E-state index contributed by atoms with van der Waals surface area (Å²) in [6, 6.07) is 2.44. The number of aliphatic carboxylic acids is 1. The second kappa shape index (κ2) is 8.94. The summed E-state index contributed by atoms with van der Waals surface area (Å²) in [6.45, 7) is 3.52. The minimum atomic E-state index is -1.35. The van der Waals surface area contributed by atoms with E-state index in [1.54, 1.807) is 26.0 Å². The van der Waals surface area contributed by atoms with E-state index in [1.807, 2.05) is 6.26 Å². The normalized spacial score (nSPS) is 12.0. The van der Waals surface area contributed by atoms with Crippen LogP contribution in [0.1, 0.15) is 23.1 Å². The van der Waals surface area contributed by atoms with Gasteiger partial charge in [0.05, 0.1) is 31.1 Å². The first-order valence-electron chi connectivity index (χ1n) is 8.39. The third-order valence-corrected chi connectivity index (χ3v) is 5.09. The Morgan fingerprint density at radius 2 is 2.00 bits per heavy atom. The molecule has 2 rings (SSSR count). The van der Waals surface area contributed by atoms with E-state index >= 15 is 0 Å². The Balaban J connectivity index is 2.32. The number of carbonyl (C=O) groups is 2. The summed E-state index contributed by atoms with van der Waals surface area (Å²) in [5.41, 5.74) is 1.30. The van der Waals surface area contributed by atoms with Crippen LogP contribution in [0.5, 0.6) is 5.75 Å². The molecule has 1 aromatic heterocycles. The molecule has 0 saturated heterocycles. The summed E-state index contributed by atoms with van der Waals surface area (Å²) in [6.07, 6.45) is 1.83. The second-order valence-electron chi connectivity index (χ2n) is 6.16. The molecule has 1 atom stereocenters. The number of methoxy groups -OCH3 is 1. The Morgan fingerprint density at radius 1 is 1.30 bits per heavy atom.